The lowest BCUT2D eigenvalue weighted by molar-refractivity contribution is -0.147. The third kappa shape index (κ3) is 5.72. The van der Waals surface area contributed by atoms with Crippen LogP contribution in [0.4, 0.5) is 11.4 Å². The van der Waals surface area contributed by atoms with Crippen molar-refractivity contribution in [2.45, 2.75) is 36.9 Å². The van der Waals surface area contributed by atoms with Crippen molar-refractivity contribution in [2.75, 3.05) is 16.4 Å². The van der Waals surface area contributed by atoms with Gasteiger partial charge in [0.25, 0.3) is 0 Å². The van der Waals surface area contributed by atoms with E-state index in [1.54, 1.807) is 6.07 Å². The molecule has 9 heteroatoms. The molecule has 0 saturated heterocycles. The predicted molar refractivity (Wildman–Crippen MR) is 132 cm³/mol. The van der Waals surface area contributed by atoms with Crippen molar-refractivity contribution < 1.29 is 19.5 Å². The molecule has 33 heavy (non-hydrogen) atoms. The zero-order valence-corrected chi connectivity index (χ0v) is 19.8. The van der Waals surface area contributed by atoms with Gasteiger partial charge in [0, 0.05) is 11.4 Å². The van der Waals surface area contributed by atoms with Crippen LogP contribution in [-0.2, 0) is 14.4 Å². The number of amides is 2. The van der Waals surface area contributed by atoms with Crippen molar-refractivity contribution in [2.24, 2.45) is 11.8 Å². The molecule has 0 spiro atoms. The number of aryl methyl sites for hydroxylation is 1. The van der Waals surface area contributed by atoms with E-state index in [1.807, 2.05) is 43.3 Å². The number of fused-ring (bicyclic) bond motifs is 1. The number of carboxylic acids is 1. The number of para-hydroxylation sites is 1. The van der Waals surface area contributed by atoms with Crippen LogP contribution in [0.3, 0.4) is 0 Å². The highest BCUT2D eigenvalue weighted by atomic mass is 32.2. The fourth-order valence-corrected chi connectivity index (χ4v) is 5.95. The largest absolute Gasteiger partial charge is 0.481 e. The van der Waals surface area contributed by atoms with Crippen LogP contribution in [-0.4, -0.2) is 33.6 Å². The molecular formula is C24H25N3O4S2. The number of thiazole rings is 1. The highest BCUT2D eigenvalue weighted by Crippen LogP contribution is 2.33. The minimum Gasteiger partial charge on any atom is -0.481 e. The molecule has 3 aromatic rings. The van der Waals surface area contributed by atoms with E-state index in [0.717, 1.165) is 38.6 Å². The number of nitrogens with one attached hydrogen (secondary N) is 2. The first-order valence-corrected chi connectivity index (χ1v) is 12.6. The van der Waals surface area contributed by atoms with Gasteiger partial charge >= 0.3 is 5.97 Å². The molecule has 0 radical (unpaired) electrons. The van der Waals surface area contributed by atoms with Gasteiger partial charge < -0.3 is 15.7 Å². The summed E-state index contributed by atoms with van der Waals surface area (Å²) in [6, 6.07) is 13.1. The zero-order valence-electron chi connectivity index (χ0n) is 18.2. The summed E-state index contributed by atoms with van der Waals surface area (Å²) < 4.78 is 1.67. The summed E-state index contributed by atoms with van der Waals surface area (Å²) in [6.45, 7) is 1.95. The standard InChI is InChI=1S/C24H25N3O4S2/c1-14-6-2-5-9-18(14)26-21(28)13-32-24-27-19-11-10-15(12-20(19)33-24)25-22(29)16-7-3-4-8-17(16)23(30)31/h2,5-6,9-12,16-17H,3-4,7-8,13H2,1H3,(H,25,29)(H,26,28)(H,30,31)/t16-,17+/m0/s1. The summed E-state index contributed by atoms with van der Waals surface area (Å²) in [6.07, 6.45) is 2.85. The van der Waals surface area contributed by atoms with Gasteiger partial charge in [-0.2, -0.15) is 0 Å². The number of rotatable bonds is 7. The average molecular weight is 484 g/mol. The van der Waals surface area contributed by atoms with Crippen molar-refractivity contribution in [3.63, 3.8) is 0 Å². The Balaban J connectivity index is 1.38. The highest BCUT2D eigenvalue weighted by molar-refractivity contribution is 8.01. The van der Waals surface area contributed by atoms with Crippen molar-refractivity contribution in [3.8, 4) is 0 Å². The number of hydrogen-bond donors (Lipinski definition) is 3. The monoisotopic (exact) mass is 483 g/mol. The second-order valence-corrected chi connectivity index (χ2v) is 10.4. The molecule has 0 aliphatic heterocycles. The maximum Gasteiger partial charge on any atom is 0.307 e. The van der Waals surface area contributed by atoms with E-state index in [9.17, 15) is 19.5 Å². The van der Waals surface area contributed by atoms with Crippen LogP contribution >= 0.6 is 23.1 Å². The van der Waals surface area contributed by atoms with Gasteiger partial charge in [-0.15, -0.1) is 11.3 Å². The minimum atomic E-state index is -0.902. The molecule has 1 heterocycles. The fourth-order valence-electron chi connectivity index (χ4n) is 4.04. The topological polar surface area (TPSA) is 108 Å². The van der Waals surface area contributed by atoms with E-state index in [1.165, 1.54) is 23.1 Å². The Kier molecular flexibility index (Phi) is 7.29. The van der Waals surface area contributed by atoms with Gasteiger partial charge in [-0.3, -0.25) is 14.4 Å². The maximum absolute atomic E-state index is 12.7. The molecule has 2 aromatic carbocycles. The molecule has 7 nitrogen and oxygen atoms in total. The molecule has 1 fully saturated rings. The first-order valence-electron chi connectivity index (χ1n) is 10.8. The van der Waals surface area contributed by atoms with E-state index < -0.39 is 17.8 Å². The lowest BCUT2D eigenvalue weighted by Crippen LogP contribution is -2.36. The third-order valence-electron chi connectivity index (χ3n) is 5.80. The third-order valence-corrected chi connectivity index (χ3v) is 7.96. The van der Waals surface area contributed by atoms with Crippen LogP contribution in [0.2, 0.25) is 0 Å². The number of aromatic nitrogens is 1. The predicted octanol–water partition coefficient (Wildman–Crippen LogP) is 5.17. The molecule has 1 aromatic heterocycles. The number of carbonyl (C=O) groups excluding carboxylic acids is 2. The van der Waals surface area contributed by atoms with Gasteiger partial charge in [0.1, 0.15) is 0 Å². The summed E-state index contributed by atoms with van der Waals surface area (Å²) in [5.41, 5.74) is 3.23. The Labute approximate surface area is 200 Å². The van der Waals surface area contributed by atoms with Gasteiger partial charge in [-0.05, 0) is 49.6 Å². The lowest BCUT2D eigenvalue weighted by Gasteiger charge is -2.27. The van der Waals surface area contributed by atoms with Gasteiger partial charge in [-0.25, -0.2) is 4.98 Å². The Hall–Kier alpha value is -2.91. The van der Waals surface area contributed by atoms with Crippen molar-refractivity contribution in [1.82, 2.24) is 4.98 Å². The summed E-state index contributed by atoms with van der Waals surface area (Å²) in [4.78, 5) is 41.1. The molecule has 0 unspecified atom stereocenters. The number of carbonyl (C=O) groups is 3. The van der Waals surface area contributed by atoms with Crippen LogP contribution in [0.25, 0.3) is 10.2 Å². The fraction of sp³-hybridized carbons (Fsp3) is 0.333. The quantitative estimate of drug-likeness (QED) is 0.400. The number of hydrogen-bond acceptors (Lipinski definition) is 6. The molecule has 4 rings (SSSR count). The van der Waals surface area contributed by atoms with Crippen molar-refractivity contribution in [1.29, 1.82) is 0 Å². The van der Waals surface area contributed by atoms with Crippen LogP contribution in [0.15, 0.2) is 46.8 Å². The molecule has 1 aliphatic carbocycles. The van der Waals surface area contributed by atoms with Crippen molar-refractivity contribution >= 4 is 62.5 Å². The second kappa shape index (κ2) is 10.4. The Bertz CT molecular complexity index is 1190. The first-order chi connectivity index (χ1) is 15.9. The molecule has 0 bridgehead atoms. The smallest absolute Gasteiger partial charge is 0.307 e. The Morgan fingerprint density at radius 3 is 2.61 bits per heavy atom. The minimum absolute atomic E-state index is 0.0954. The maximum atomic E-state index is 12.7. The number of carboxylic acid groups (broad SMARTS) is 1. The normalized spacial score (nSPS) is 18.1. The van der Waals surface area contributed by atoms with E-state index in [-0.39, 0.29) is 17.6 Å². The molecular weight excluding hydrogens is 458 g/mol. The van der Waals surface area contributed by atoms with Crippen molar-refractivity contribution in [3.05, 3.63) is 48.0 Å². The molecule has 1 aliphatic rings. The number of nitrogens with zero attached hydrogens (tertiary/aromatic N) is 1. The van der Waals surface area contributed by atoms with E-state index >= 15 is 0 Å². The molecule has 2 atom stereocenters. The summed E-state index contributed by atoms with van der Waals surface area (Å²) in [5.74, 6) is -2.13. The van der Waals surface area contributed by atoms with Gasteiger partial charge in [0.05, 0.1) is 27.8 Å². The molecule has 3 N–H and O–H groups in total. The summed E-state index contributed by atoms with van der Waals surface area (Å²) in [5, 5.41) is 15.2. The average Bonchev–Trinajstić information content (AvgIpc) is 3.21. The summed E-state index contributed by atoms with van der Waals surface area (Å²) in [7, 11) is 0. The number of thioether (sulfide) groups is 1. The van der Waals surface area contributed by atoms with E-state index in [2.05, 4.69) is 15.6 Å². The van der Waals surface area contributed by atoms with Gasteiger partial charge in [0.15, 0.2) is 4.34 Å². The number of benzene rings is 2. The number of anilines is 2. The van der Waals surface area contributed by atoms with Gasteiger partial charge in [0.2, 0.25) is 11.8 Å². The molecule has 2 amide bonds. The lowest BCUT2D eigenvalue weighted by atomic mass is 9.78. The van der Waals surface area contributed by atoms with E-state index in [4.69, 9.17) is 0 Å². The Morgan fingerprint density at radius 1 is 1.09 bits per heavy atom. The Morgan fingerprint density at radius 2 is 1.85 bits per heavy atom. The zero-order chi connectivity index (χ0) is 23.4. The molecule has 172 valence electrons. The second-order valence-electron chi connectivity index (χ2n) is 8.14. The SMILES string of the molecule is Cc1ccccc1NC(=O)CSc1nc2ccc(NC(=O)[C@H]3CCCC[C@H]3C(=O)O)cc2s1. The van der Waals surface area contributed by atoms with Crippen LogP contribution in [0, 0.1) is 18.8 Å². The molecule has 1 saturated carbocycles. The highest BCUT2D eigenvalue weighted by Gasteiger charge is 2.35. The van der Waals surface area contributed by atoms with Crippen LogP contribution in [0.5, 0.6) is 0 Å². The number of aliphatic carboxylic acids is 1. The first kappa shape index (κ1) is 23.3. The van der Waals surface area contributed by atoms with Crippen LogP contribution < -0.4 is 10.6 Å². The van der Waals surface area contributed by atoms with Gasteiger partial charge in [-0.1, -0.05) is 42.8 Å². The van der Waals surface area contributed by atoms with Crippen LogP contribution in [0.1, 0.15) is 31.2 Å². The summed E-state index contributed by atoms with van der Waals surface area (Å²) >= 11 is 2.83. The van der Waals surface area contributed by atoms with E-state index in [0.29, 0.717) is 18.5 Å².